The topological polar surface area (TPSA) is 32.8 Å². The molecule has 0 atom stereocenters. The molecule has 0 saturated carbocycles. The first-order valence-corrected chi connectivity index (χ1v) is 13.5. The maximum absolute atomic E-state index is 13.1. The zero-order valence-corrected chi connectivity index (χ0v) is 21.2. The van der Waals surface area contributed by atoms with Crippen LogP contribution in [-0.2, 0) is 10.3 Å². The summed E-state index contributed by atoms with van der Waals surface area (Å²) in [7, 11) is 7.11. The van der Waals surface area contributed by atoms with Gasteiger partial charge in [-0.05, 0) is 48.9 Å². The number of rotatable bonds is 5. The van der Waals surface area contributed by atoms with Crippen LogP contribution in [0.1, 0.15) is 33.5 Å². The van der Waals surface area contributed by atoms with Crippen LogP contribution in [0.15, 0.2) is 60.7 Å². The van der Waals surface area contributed by atoms with Gasteiger partial charge >= 0.3 is 14.8 Å². The first-order chi connectivity index (χ1) is 15.9. The van der Waals surface area contributed by atoms with E-state index < -0.39 is 14.4 Å². The highest BCUT2D eigenvalue weighted by Crippen LogP contribution is 2.48. The van der Waals surface area contributed by atoms with Crippen LogP contribution in [-0.4, -0.2) is 48.8 Å². The zero-order chi connectivity index (χ0) is 23.3. The fourth-order valence-electron chi connectivity index (χ4n) is 5.15. The number of anilines is 2. The molecule has 0 saturated heterocycles. The van der Waals surface area contributed by atoms with E-state index in [0.29, 0.717) is 11.4 Å². The summed E-state index contributed by atoms with van der Waals surface area (Å²) in [5.41, 5.74) is 5.18. The lowest BCUT2D eigenvalue weighted by atomic mass is 9.79. The van der Waals surface area contributed by atoms with E-state index >= 15 is 0 Å². The normalized spacial score (nSPS) is 15.1. The maximum atomic E-state index is 13.1. The molecule has 0 bridgehead atoms. The minimum atomic E-state index is -1.14. The van der Waals surface area contributed by atoms with Crippen LogP contribution in [0.2, 0.25) is 6.04 Å². The van der Waals surface area contributed by atoms with Gasteiger partial charge in [-0.1, -0.05) is 18.2 Å². The smallest absolute Gasteiger partial charge is 0.391 e. The minimum absolute atomic E-state index is 0.257. The fourth-order valence-corrected chi connectivity index (χ4v) is 8.68. The molecule has 0 radical (unpaired) electrons. The third-order valence-electron chi connectivity index (χ3n) is 6.78. The van der Waals surface area contributed by atoms with Gasteiger partial charge < -0.3 is 14.5 Å². The molecule has 0 aromatic heterocycles. The molecule has 0 unspecified atom stereocenters. The molecule has 5 rings (SSSR count). The van der Waals surface area contributed by atoms with Gasteiger partial charge in [0.2, 0.25) is 0 Å². The van der Waals surface area contributed by atoms with E-state index in [4.69, 9.17) is 16.3 Å². The lowest BCUT2D eigenvalue weighted by Gasteiger charge is -2.36. The van der Waals surface area contributed by atoms with Gasteiger partial charge in [0.1, 0.15) is 10.4 Å². The van der Waals surface area contributed by atoms with Gasteiger partial charge in [0.25, 0.3) is 0 Å². The predicted octanol–water partition coefficient (Wildman–Crippen LogP) is 3.83. The Morgan fingerprint density at radius 1 is 0.848 bits per heavy atom. The molecule has 3 aromatic rings. The van der Waals surface area contributed by atoms with E-state index in [-0.39, 0.29) is 5.97 Å². The van der Waals surface area contributed by atoms with Crippen molar-refractivity contribution in [1.82, 2.24) is 0 Å². The molecule has 2 aliphatic heterocycles. The van der Waals surface area contributed by atoms with E-state index in [0.717, 1.165) is 40.5 Å². The van der Waals surface area contributed by atoms with Crippen molar-refractivity contribution in [2.45, 2.75) is 18.1 Å². The summed E-state index contributed by atoms with van der Waals surface area (Å²) in [6, 6.07) is 22.1. The van der Waals surface area contributed by atoms with Gasteiger partial charge in [0.05, 0.1) is 11.6 Å². The Balaban J connectivity index is 1.86. The summed E-state index contributed by atoms with van der Waals surface area (Å²) < 4.78 is 6.39. The number of esters is 1. The van der Waals surface area contributed by atoms with Crippen molar-refractivity contribution in [3.8, 4) is 0 Å². The summed E-state index contributed by atoms with van der Waals surface area (Å²) in [5.74, 6) is 0.384. The number of hydrogen-bond acceptors (Lipinski definition) is 4. The van der Waals surface area contributed by atoms with Crippen molar-refractivity contribution in [2.24, 2.45) is 0 Å². The number of carbonyl (C=O) groups is 1. The van der Waals surface area contributed by atoms with Crippen LogP contribution in [0.25, 0.3) is 0 Å². The SMILES string of the molecule is CN(C)c1ccc2c(c1)[Si+](CCCCl)c1cc(N(C)C)ccc1C21OC(=O)c2ccccc21. The standard InChI is InChI=1S/C27H28ClN2O2Si/c1-29(2)18-10-12-22-24(16-18)33(15-7-14-28)25-17-19(30(3)4)11-13-23(25)27(22)21-9-6-5-8-20(21)26(31)32-27/h5-6,8-13,16-17H,7,14-15H2,1-4H3/q+1. The highest BCUT2D eigenvalue weighted by molar-refractivity contribution is 6.86. The van der Waals surface area contributed by atoms with Crippen LogP contribution >= 0.6 is 11.6 Å². The first kappa shape index (κ1) is 22.1. The zero-order valence-electron chi connectivity index (χ0n) is 19.5. The van der Waals surface area contributed by atoms with Crippen LogP contribution in [0.5, 0.6) is 0 Å². The average Bonchev–Trinajstić information content (AvgIpc) is 3.11. The summed E-state index contributed by atoms with van der Waals surface area (Å²) in [6.45, 7) is 0. The summed E-state index contributed by atoms with van der Waals surface area (Å²) in [6.07, 6.45) is 0.955. The number of hydrogen-bond donors (Lipinski definition) is 0. The Morgan fingerprint density at radius 2 is 1.42 bits per heavy atom. The van der Waals surface area contributed by atoms with Gasteiger partial charge in [0, 0.05) is 62.1 Å². The van der Waals surface area contributed by atoms with E-state index in [1.807, 2.05) is 24.3 Å². The van der Waals surface area contributed by atoms with Gasteiger partial charge in [0.15, 0.2) is 5.60 Å². The molecule has 4 nitrogen and oxygen atoms in total. The Kier molecular flexibility index (Phi) is 5.50. The molecule has 2 aliphatic rings. The molecule has 168 valence electrons. The summed E-state index contributed by atoms with van der Waals surface area (Å²) in [4.78, 5) is 17.4. The largest absolute Gasteiger partial charge is 0.440 e. The van der Waals surface area contributed by atoms with Gasteiger partial charge in [-0.3, -0.25) is 0 Å². The van der Waals surface area contributed by atoms with E-state index in [2.05, 4.69) is 74.4 Å². The third kappa shape index (κ3) is 3.29. The van der Waals surface area contributed by atoms with Gasteiger partial charge in [-0.25, -0.2) is 4.79 Å². The number of ether oxygens (including phenoxy) is 1. The quantitative estimate of drug-likeness (QED) is 0.319. The second kappa shape index (κ2) is 8.23. The van der Waals surface area contributed by atoms with Crippen LogP contribution in [0.3, 0.4) is 0 Å². The molecule has 6 heteroatoms. The number of alkyl halides is 1. The van der Waals surface area contributed by atoms with Gasteiger partial charge in [-0.2, -0.15) is 0 Å². The van der Waals surface area contributed by atoms with Crippen molar-refractivity contribution in [1.29, 1.82) is 0 Å². The number of carbonyl (C=O) groups excluding carboxylic acids is 1. The average molecular weight is 476 g/mol. The Bertz CT molecular complexity index is 1180. The molecular formula is C27H28ClN2O2Si+. The Labute approximate surface area is 202 Å². The molecule has 0 amide bonds. The van der Waals surface area contributed by atoms with Crippen molar-refractivity contribution in [3.63, 3.8) is 0 Å². The van der Waals surface area contributed by atoms with Crippen molar-refractivity contribution in [3.05, 3.63) is 82.9 Å². The van der Waals surface area contributed by atoms with Crippen LogP contribution in [0.4, 0.5) is 11.4 Å². The molecule has 3 aromatic carbocycles. The lowest BCUT2D eigenvalue weighted by molar-refractivity contribution is 0.0255. The van der Waals surface area contributed by atoms with Crippen LogP contribution < -0.4 is 20.2 Å². The van der Waals surface area contributed by atoms with E-state index in [1.165, 1.54) is 10.4 Å². The summed E-state index contributed by atoms with van der Waals surface area (Å²) >= 11 is 6.18. The minimum Gasteiger partial charge on any atom is -0.440 e. The van der Waals surface area contributed by atoms with Gasteiger partial charge in [-0.15, -0.1) is 11.6 Å². The fraction of sp³-hybridized carbons (Fsp3) is 0.296. The second-order valence-electron chi connectivity index (χ2n) is 9.14. The molecule has 0 fully saturated rings. The number of nitrogens with zero attached hydrogens (tertiary/aromatic N) is 2. The number of halogens is 1. The highest BCUT2D eigenvalue weighted by atomic mass is 35.5. The third-order valence-corrected chi connectivity index (χ3v) is 10.0. The van der Waals surface area contributed by atoms with Crippen molar-refractivity contribution < 1.29 is 9.53 Å². The predicted molar refractivity (Wildman–Crippen MR) is 138 cm³/mol. The molecule has 0 N–H and O–H groups in total. The first-order valence-electron chi connectivity index (χ1n) is 11.3. The molecule has 0 aliphatic carbocycles. The molecule has 2 heterocycles. The monoisotopic (exact) mass is 475 g/mol. The maximum Gasteiger partial charge on any atom is 0.391 e. The van der Waals surface area contributed by atoms with E-state index in [9.17, 15) is 4.79 Å². The Hall–Kier alpha value is -2.76. The number of fused-ring (bicyclic) bond motifs is 6. The molecule has 33 heavy (non-hydrogen) atoms. The highest BCUT2D eigenvalue weighted by Gasteiger charge is 2.59. The number of benzene rings is 3. The Morgan fingerprint density at radius 3 is 1.97 bits per heavy atom. The second-order valence-corrected chi connectivity index (χ2v) is 12.0. The van der Waals surface area contributed by atoms with Crippen molar-refractivity contribution in [2.75, 3.05) is 43.9 Å². The molecule has 1 spiro atoms. The van der Waals surface area contributed by atoms with Crippen molar-refractivity contribution >= 4 is 48.1 Å². The van der Waals surface area contributed by atoms with Crippen LogP contribution in [0, 0.1) is 0 Å². The lowest BCUT2D eigenvalue weighted by Crippen LogP contribution is -2.56. The molecular weight excluding hydrogens is 448 g/mol. The van der Waals surface area contributed by atoms with E-state index in [1.54, 1.807) is 0 Å². The summed E-state index contributed by atoms with van der Waals surface area (Å²) in [5, 5.41) is 2.62.